The first kappa shape index (κ1) is 16.4. The zero-order chi connectivity index (χ0) is 14.6. The summed E-state index contributed by atoms with van der Waals surface area (Å²) in [5.41, 5.74) is 1.32. The predicted molar refractivity (Wildman–Crippen MR) is 86.2 cm³/mol. The second-order valence-electron chi connectivity index (χ2n) is 6.40. The third kappa shape index (κ3) is 5.11. The van der Waals surface area contributed by atoms with E-state index in [1.807, 2.05) is 11.3 Å². The van der Waals surface area contributed by atoms with Crippen LogP contribution in [-0.2, 0) is 6.54 Å². The normalized spacial score (nSPS) is 12.2. The van der Waals surface area contributed by atoms with Crippen molar-refractivity contribution in [2.45, 2.75) is 73.0 Å². The van der Waals surface area contributed by atoms with E-state index < -0.39 is 0 Å². The third-order valence-corrected chi connectivity index (χ3v) is 4.19. The van der Waals surface area contributed by atoms with Crippen LogP contribution < -0.4 is 10.2 Å². The zero-order valence-electron chi connectivity index (χ0n) is 13.5. The monoisotopic (exact) mass is 283 g/mol. The Kier molecular flexibility index (Phi) is 5.81. The number of nitrogens with one attached hydrogen (secondary N) is 1. The number of thiazole rings is 1. The van der Waals surface area contributed by atoms with E-state index in [4.69, 9.17) is 4.98 Å². The predicted octanol–water partition coefficient (Wildman–Crippen LogP) is 3.96. The Morgan fingerprint density at radius 2 is 1.95 bits per heavy atom. The number of hydrogen-bond donors (Lipinski definition) is 1. The van der Waals surface area contributed by atoms with E-state index >= 15 is 0 Å². The lowest BCUT2D eigenvalue weighted by Gasteiger charge is -2.25. The lowest BCUT2D eigenvalue weighted by Crippen LogP contribution is -2.34. The highest BCUT2D eigenvalue weighted by Crippen LogP contribution is 2.28. The van der Waals surface area contributed by atoms with E-state index in [-0.39, 0.29) is 5.54 Å². The number of nitrogens with zero attached hydrogens (tertiary/aromatic N) is 2. The van der Waals surface area contributed by atoms with Crippen LogP contribution >= 0.6 is 11.3 Å². The third-order valence-electron chi connectivity index (χ3n) is 2.99. The van der Waals surface area contributed by atoms with Gasteiger partial charge in [0.25, 0.3) is 0 Å². The van der Waals surface area contributed by atoms with Crippen LogP contribution in [-0.4, -0.2) is 23.1 Å². The molecule has 1 aromatic rings. The molecule has 0 saturated carbocycles. The molecular formula is C15H29N3S. The van der Waals surface area contributed by atoms with Crippen molar-refractivity contribution in [2.24, 2.45) is 0 Å². The summed E-state index contributed by atoms with van der Waals surface area (Å²) in [7, 11) is 0. The number of aryl methyl sites for hydroxylation is 1. The van der Waals surface area contributed by atoms with Gasteiger partial charge < -0.3 is 10.2 Å². The Bertz CT molecular complexity index is 391. The summed E-state index contributed by atoms with van der Waals surface area (Å²) in [6, 6.07) is 0.508. The minimum Gasteiger partial charge on any atom is -0.346 e. The van der Waals surface area contributed by atoms with Crippen molar-refractivity contribution in [1.82, 2.24) is 10.3 Å². The van der Waals surface area contributed by atoms with Gasteiger partial charge in [0.1, 0.15) is 0 Å². The molecule has 1 rings (SSSR count). The molecule has 4 heteroatoms. The molecule has 1 aromatic heterocycles. The molecule has 0 aliphatic carbocycles. The molecule has 1 N–H and O–H groups in total. The van der Waals surface area contributed by atoms with Gasteiger partial charge in [-0.2, -0.15) is 0 Å². The number of anilines is 1. The first-order chi connectivity index (χ1) is 8.74. The Balaban J connectivity index is 2.82. The van der Waals surface area contributed by atoms with Gasteiger partial charge >= 0.3 is 0 Å². The van der Waals surface area contributed by atoms with Crippen molar-refractivity contribution in [2.75, 3.05) is 11.4 Å². The van der Waals surface area contributed by atoms with Crippen LogP contribution in [0.5, 0.6) is 0 Å². The van der Waals surface area contributed by atoms with Crippen LogP contribution in [0.1, 0.15) is 58.5 Å². The first-order valence-corrected chi connectivity index (χ1v) is 8.04. The fraction of sp³-hybridized carbons (Fsp3) is 0.800. The van der Waals surface area contributed by atoms with Crippen LogP contribution in [0.4, 0.5) is 5.13 Å². The molecule has 0 bridgehead atoms. The maximum absolute atomic E-state index is 4.76. The van der Waals surface area contributed by atoms with E-state index in [1.54, 1.807) is 0 Å². The summed E-state index contributed by atoms with van der Waals surface area (Å²) >= 11 is 1.83. The minimum atomic E-state index is 0.151. The van der Waals surface area contributed by atoms with Gasteiger partial charge in [-0.3, -0.25) is 0 Å². The lowest BCUT2D eigenvalue weighted by atomic mass is 10.1. The SMILES string of the molecule is CCCN(c1nc(C)c(CNC(C)(C)C)s1)C(C)C. The highest BCUT2D eigenvalue weighted by molar-refractivity contribution is 7.15. The van der Waals surface area contributed by atoms with Crippen LogP contribution in [0.25, 0.3) is 0 Å². The van der Waals surface area contributed by atoms with E-state index in [0.717, 1.165) is 19.5 Å². The number of rotatable bonds is 6. The Morgan fingerprint density at radius 3 is 2.42 bits per heavy atom. The van der Waals surface area contributed by atoms with Crippen molar-refractivity contribution < 1.29 is 0 Å². The lowest BCUT2D eigenvalue weighted by molar-refractivity contribution is 0.425. The van der Waals surface area contributed by atoms with Crippen molar-refractivity contribution in [3.63, 3.8) is 0 Å². The van der Waals surface area contributed by atoms with Gasteiger partial charge in [-0.05, 0) is 48.0 Å². The van der Waals surface area contributed by atoms with Crippen LogP contribution in [0, 0.1) is 6.92 Å². The molecule has 0 spiro atoms. The summed E-state index contributed by atoms with van der Waals surface area (Å²) in [4.78, 5) is 8.51. The van der Waals surface area contributed by atoms with E-state index in [1.165, 1.54) is 15.7 Å². The average molecular weight is 283 g/mol. The summed E-state index contributed by atoms with van der Waals surface area (Å²) in [6.07, 6.45) is 1.16. The molecule has 0 amide bonds. The number of hydrogen-bond acceptors (Lipinski definition) is 4. The van der Waals surface area contributed by atoms with Gasteiger partial charge in [0, 0.05) is 29.5 Å². The highest BCUT2D eigenvalue weighted by Gasteiger charge is 2.17. The Labute approximate surface area is 122 Å². The van der Waals surface area contributed by atoms with Crippen LogP contribution in [0.2, 0.25) is 0 Å². The Morgan fingerprint density at radius 1 is 1.32 bits per heavy atom. The summed E-state index contributed by atoms with van der Waals surface area (Å²) in [5.74, 6) is 0. The van der Waals surface area contributed by atoms with Gasteiger partial charge in [0.2, 0.25) is 0 Å². The van der Waals surface area contributed by atoms with Gasteiger partial charge in [0.05, 0.1) is 5.69 Å². The van der Waals surface area contributed by atoms with Crippen molar-refractivity contribution in [3.8, 4) is 0 Å². The first-order valence-electron chi connectivity index (χ1n) is 7.22. The smallest absolute Gasteiger partial charge is 0.186 e. The van der Waals surface area contributed by atoms with Crippen molar-refractivity contribution in [1.29, 1.82) is 0 Å². The van der Waals surface area contributed by atoms with Crippen LogP contribution in [0.15, 0.2) is 0 Å². The standard InChI is InChI=1S/C15H29N3S/c1-8-9-18(11(2)3)14-17-12(4)13(19-14)10-16-15(5,6)7/h11,16H,8-10H2,1-7H3. The molecule has 0 fully saturated rings. The van der Waals surface area contributed by atoms with Gasteiger partial charge in [-0.1, -0.05) is 6.92 Å². The van der Waals surface area contributed by atoms with E-state index in [0.29, 0.717) is 6.04 Å². The molecule has 0 atom stereocenters. The summed E-state index contributed by atoms with van der Waals surface area (Å²) in [6.45, 7) is 17.4. The maximum Gasteiger partial charge on any atom is 0.186 e. The minimum absolute atomic E-state index is 0.151. The summed E-state index contributed by atoms with van der Waals surface area (Å²) in [5, 5.41) is 4.71. The molecule has 0 radical (unpaired) electrons. The summed E-state index contributed by atoms with van der Waals surface area (Å²) < 4.78 is 0. The van der Waals surface area contributed by atoms with Gasteiger partial charge in [-0.15, -0.1) is 11.3 Å². The molecule has 19 heavy (non-hydrogen) atoms. The van der Waals surface area contributed by atoms with Crippen molar-refractivity contribution >= 4 is 16.5 Å². The van der Waals surface area contributed by atoms with Crippen molar-refractivity contribution in [3.05, 3.63) is 10.6 Å². The van der Waals surface area contributed by atoms with Gasteiger partial charge in [-0.25, -0.2) is 4.98 Å². The number of aromatic nitrogens is 1. The largest absolute Gasteiger partial charge is 0.346 e. The molecule has 0 aliphatic rings. The van der Waals surface area contributed by atoms with Crippen LogP contribution in [0.3, 0.4) is 0 Å². The molecule has 0 unspecified atom stereocenters. The zero-order valence-corrected chi connectivity index (χ0v) is 14.3. The molecule has 110 valence electrons. The van der Waals surface area contributed by atoms with Gasteiger partial charge in [0.15, 0.2) is 5.13 Å². The molecular weight excluding hydrogens is 254 g/mol. The fourth-order valence-corrected chi connectivity index (χ4v) is 3.02. The Hall–Kier alpha value is -0.610. The van der Waals surface area contributed by atoms with E-state index in [2.05, 4.69) is 58.7 Å². The second-order valence-corrected chi connectivity index (χ2v) is 7.46. The second kappa shape index (κ2) is 6.71. The molecule has 0 aliphatic heterocycles. The maximum atomic E-state index is 4.76. The molecule has 1 heterocycles. The molecule has 0 aromatic carbocycles. The van der Waals surface area contributed by atoms with E-state index in [9.17, 15) is 0 Å². The molecule has 0 saturated heterocycles. The molecule has 3 nitrogen and oxygen atoms in total. The topological polar surface area (TPSA) is 28.2 Å². The highest BCUT2D eigenvalue weighted by atomic mass is 32.1. The fourth-order valence-electron chi connectivity index (χ4n) is 1.86. The average Bonchev–Trinajstić information content (AvgIpc) is 2.63. The quantitative estimate of drug-likeness (QED) is 0.856.